The number of nitrogens with zero attached hydrogens (tertiary/aromatic N) is 2. The summed E-state index contributed by atoms with van der Waals surface area (Å²) in [6.45, 7) is 5.56. The molecule has 0 amide bonds. The number of likely N-dealkylation sites (tertiary alicyclic amines) is 1. The van der Waals surface area contributed by atoms with E-state index in [4.69, 9.17) is 4.74 Å². The third-order valence-corrected chi connectivity index (χ3v) is 6.48. The van der Waals surface area contributed by atoms with Gasteiger partial charge in [0.2, 0.25) is 0 Å². The summed E-state index contributed by atoms with van der Waals surface area (Å²) in [5, 5.41) is 9.59. The van der Waals surface area contributed by atoms with Gasteiger partial charge in [-0.25, -0.2) is 4.79 Å². The Morgan fingerprint density at radius 1 is 0.909 bits per heavy atom. The molecule has 0 aromatic heterocycles. The van der Waals surface area contributed by atoms with E-state index in [2.05, 4.69) is 37.9 Å². The molecule has 1 N–H and O–H groups in total. The van der Waals surface area contributed by atoms with E-state index in [1.165, 1.54) is 18.4 Å². The zero-order chi connectivity index (χ0) is 23.0. The molecule has 0 saturated carbocycles. The standard InChI is InChI=1S/C27H29BrN2O3/c28-23-9-13-25(14-10-23)33-24-11-7-21(8-12-24)19-30(18-17-29-15-3-4-16-29)20-22-5-1-2-6-26(22)27(31)32/h1-2,5-14H,3-4,15-20H2,(H,31,32). The topological polar surface area (TPSA) is 53.0 Å². The fourth-order valence-electron chi connectivity index (χ4n) is 4.17. The maximum Gasteiger partial charge on any atom is 0.336 e. The minimum absolute atomic E-state index is 0.377. The van der Waals surface area contributed by atoms with Gasteiger partial charge in [0.15, 0.2) is 0 Å². The Balaban J connectivity index is 1.44. The molecule has 33 heavy (non-hydrogen) atoms. The minimum atomic E-state index is -0.875. The van der Waals surface area contributed by atoms with E-state index in [1.807, 2.05) is 48.5 Å². The Labute approximate surface area is 203 Å². The molecule has 6 heteroatoms. The van der Waals surface area contributed by atoms with Crippen LogP contribution in [0.3, 0.4) is 0 Å². The van der Waals surface area contributed by atoms with Crippen molar-refractivity contribution < 1.29 is 14.6 Å². The van der Waals surface area contributed by atoms with Crippen LogP contribution in [-0.2, 0) is 13.1 Å². The van der Waals surface area contributed by atoms with Gasteiger partial charge in [0, 0.05) is 30.7 Å². The lowest BCUT2D eigenvalue weighted by atomic mass is 10.1. The second-order valence-corrected chi connectivity index (χ2v) is 9.34. The molecule has 0 unspecified atom stereocenters. The van der Waals surface area contributed by atoms with Crippen LogP contribution in [0.5, 0.6) is 11.5 Å². The van der Waals surface area contributed by atoms with Crippen LogP contribution in [0.4, 0.5) is 0 Å². The van der Waals surface area contributed by atoms with Crippen LogP contribution < -0.4 is 4.74 Å². The van der Waals surface area contributed by atoms with Crippen molar-refractivity contribution in [3.63, 3.8) is 0 Å². The Kier molecular flexibility index (Phi) is 8.15. The molecule has 0 radical (unpaired) electrons. The highest BCUT2D eigenvalue weighted by atomic mass is 79.9. The van der Waals surface area contributed by atoms with Crippen LogP contribution >= 0.6 is 15.9 Å². The molecule has 0 aliphatic carbocycles. The van der Waals surface area contributed by atoms with Crippen molar-refractivity contribution in [1.82, 2.24) is 9.80 Å². The van der Waals surface area contributed by atoms with Crippen LogP contribution in [0.15, 0.2) is 77.3 Å². The molecule has 1 aliphatic rings. The van der Waals surface area contributed by atoms with Crippen LogP contribution in [0.25, 0.3) is 0 Å². The summed E-state index contributed by atoms with van der Waals surface area (Å²) in [4.78, 5) is 16.5. The maximum atomic E-state index is 11.7. The molecule has 5 nitrogen and oxygen atoms in total. The zero-order valence-corrected chi connectivity index (χ0v) is 20.2. The highest BCUT2D eigenvalue weighted by Crippen LogP contribution is 2.24. The second kappa shape index (κ2) is 11.5. The van der Waals surface area contributed by atoms with Gasteiger partial charge in [-0.2, -0.15) is 0 Å². The van der Waals surface area contributed by atoms with Crippen molar-refractivity contribution in [2.75, 3.05) is 26.2 Å². The number of ether oxygens (including phenoxy) is 1. The quantitative estimate of drug-likeness (QED) is 0.361. The summed E-state index contributed by atoms with van der Waals surface area (Å²) in [5.74, 6) is 0.712. The monoisotopic (exact) mass is 508 g/mol. The van der Waals surface area contributed by atoms with Gasteiger partial charge in [-0.1, -0.05) is 46.3 Å². The van der Waals surface area contributed by atoms with Crippen LogP contribution in [0.2, 0.25) is 0 Å². The molecule has 3 aromatic carbocycles. The van der Waals surface area contributed by atoms with E-state index in [0.29, 0.717) is 12.1 Å². The van der Waals surface area contributed by atoms with Crippen molar-refractivity contribution in [1.29, 1.82) is 0 Å². The van der Waals surface area contributed by atoms with Crippen LogP contribution in [0.1, 0.15) is 34.3 Å². The smallest absolute Gasteiger partial charge is 0.336 e. The fraction of sp³-hybridized carbons (Fsp3) is 0.296. The van der Waals surface area contributed by atoms with Crippen LogP contribution in [-0.4, -0.2) is 47.1 Å². The summed E-state index contributed by atoms with van der Waals surface area (Å²) in [7, 11) is 0. The molecule has 0 atom stereocenters. The predicted molar refractivity (Wildman–Crippen MR) is 134 cm³/mol. The van der Waals surface area contributed by atoms with Crippen molar-refractivity contribution in [2.24, 2.45) is 0 Å². The number of aromatic carboxylic acids is 1. The first-order chi connectivity index (χ1) is 16.1. The number of carbonyl (C=O) groups is 1. The average molecular weight is 509 g/mol. The Morgan fingerprint density at radius 2 is 1.55 bits per heavy atom. The molecule has 1 fully saturated rings. The van der Waals surface area contributed by atoms with Gasteiger partial charge in [-0.15, -0.1) is 0 Å². The Morgan fingerprint density at radius 3 is 2.21 bits per heavy atom. The van der Waals surface area contributed by atoms with E-state index in [9.17, 15) is 9.90 Å². The summed E-state index contributed by atoms with van der Waals surface area (Å²) in [6.07, 6.45) is 2.53. The van der Waals surface area contributed by atoms with Crippen molar-refractivity contribution in [3.8, 4) is 11.5 Å². The summed E-state index contributed by atoms with van der Waals surface area (Å²) >= 11 is 3.44. The summed E-state index contributed by atoms with van der Waals surface area (Å²) in [5.41, 5.74) is 2.40. The lowest BCUT2D eigenvalue weighted by Gasteiger charge is -2.26. The molecule has 0 bridgehead atoms. The number of hydrogen-bond donors (Lipinski definition) is 1. The zero-order valence-electron chi connectivity index (χ0n) is 18.6. The maximum absolute atomic E-state index is 11.7. The number of rotatable bonds is 10. The lowest BCUT2D eigenvalue weighted by molar-refractivity contribution is 0.0694. The molecular weight excluding hydrogens is 480 g/mol. The van der Waals surface area contributed by atoms with Crippen molar-refractivity contribution in [2.45, 2.75) is 25.9 Å². The highest BCUT2D eigenvalue weighted by molar-refractivity contribution is 9.10. The third kappa shape index (κ3) is 6.90. The Hall–Kier alpha value is -2.67. The summed E-state index contributed by atoms with van der Waals surface area (Å²) < 4.78 is 6.96. The first kappa shape index (κ1) is 23.5. The summed E-state index contributed by atoms with van der Waals surface area (Å²) in [6, 6.07) is 23.2. The van der Waals surface area contributed by atoms with Crippen LogP contribution in [0, 0.1) is 0 Å². The van der Waals surface area contributed by atoms with Gasteiger partial charge in [0.25, 0.3) is 0 Å². The van der Waals surface area contributed by atoms with E-state index in [-0.39, 0.29) is 0 Å². The van der Waals surface area contributed by atoms with Gasteiger partial charge < -0.3 is 14.7 Å². The Bertz CT molecular complexity index is 1050. The van der Waals surface area contributed by atoms with Gasteiger partial charge in [0.1, 0.15) is 11.5 Å². The number of carboxylic acid groups (broad SMARTS) is 1. The SMILES string of the molecule is O=C(O)c1ccccc1CN(CCN1CCCC1)Cc1ccc(Oc2ccc(Br)cc2)cc1. The minimum Gasteiger partial charge on any atom is -0.478 e. The average Bonchev–Trinajstić information content (AvgIpc) is 3.34. The molecule has 1 aliphatic heterocycles. The molecular formula is C27H29BrN2O3. The largest absolute Gasteiger partial charge is 0.478 e. The van der Waals surface area contributed by atoms with Gasteiger partial charge in [0.05, 0.1) is 5.56 Å². The van der Waals surface area contributed by atoms with E-state index >= 15 is 0 Å². The number of benzene rings is 3. The normalized spacial score (nSPS) is 14.0. The molecule has 1 saturated heterocycles. The number of carboxylic acids is 1. The van der Waals surface area contributed by atoms with E-state index in [0.717, 1.165) is 54.3 Å². The fourth-order valence-corrected chi connectivity index (χ4v) is 4.43. The van der Waals surface area contributed by atoms with Gasteiger partial charge >= 0.3 is 5.97 Å². The van der Waals surface area contributed by atoms with E-state index in [1.54, 1.807) is 12.1 Å². The molecule has 4 rings (SSSR count). The first-order valence-corrected chi connectivity index (χ1v) is 12.1. The van der Waals surface area contributed by atoms with Gasteiger partial charge in [-0.05, 0) is 79.5 Å². The van der Waals surface area contributed by atoms with Crippen molar-refractivity contribution >= 4 is 21.9 Å². The third-order valence-electron chi connectivity index (χ3n) is 5.95. The number of halogens is 1. The van der Waals surface area contributed by atoms with E-state index < -0.39 is 5.97 Å². The molecule has 172 valence electrons. The lowest BCUT2D eigenvalue weighted by Crippen LogP contribution is -2.33. The predicted octanol–water partition coefficient (Wildman–Crippen LogP) is 6.04. The molecule has 0 spiro atoms. The second-order valence-electron chi connectivity index (χ2n) is 8.42. The molecule has 3 aromatic rings. The highest BCUT2D eigenvalue weighted by Gasteiger charge is 2.17. The first-order valence-electron chi connectivity index (χ1n) is 11.3. The van der Waals surface area contributed by atoms with Crippen molar-refractivity contribution in [3.05, 3.63) is 94.0 Å². The molecule has 1 heterocycles. The number of hydrogen-bond acceptors (Lipinski definition) is 4. The van der Waals surface area contributed by atoms with Gasteiger partial charge in [-0.3, -0.25) is 4.90 Å².